The number of hydrogen-bond acceptors (Lipinski definition) is 5. The van der Waals surface area contributed by atoms with Gasteiger partial charge in [0.05, 0.1) is 11.4 Å². The fraction of sp³-hybridized carbons (Fsp3) is 0.182. The predicted octanol–water partition coefficient (Wildman–Crippen LogP) is 3.09. The first-order chi connectivity index (χ1) is 14.3. The number of nitrogens with one attached hydrogen (secondary N) is 2. The van der Waals surface area contributed by atoms with E-state index in [1.807, 2.05) is 31.2 Å². The van der Waals surface area contributed by atoms with Gasteiger partial charge in [-0.15, -0.1) is 0 Å². The highest BCUT2D eigenvalue weighted by atomic mass is 32.2. The predicted molar refractivity (Wildman–Crippen MR) is 114 cm³/mol. The standard InChI is InChI=1S/C22H23N3O4S/c1-16-9-10-17(2)20(12-16)30(27,28)25-15-21(26)24-14-18-6-5-7-19(13-18)29-22-8-3-4-11-23-22/h3-13,25H,14-15H2,1-2H3,(H,24,26). The van der Waals surface area contributed by atoms with Gasteiger partial charge in [-0.25, -0.2) is 18.1 Å². The Labute approximate surface area is 176 Å². The van der Waals surface area contributed by atoms with E-state index in [1.165, 1.54) is 0 Å². The van der Waals surface area contributed by atoms with Gasteiger partial charge in [0.15, 0.2) is 0 Å². The van der Waals surface area contributed by atoms with Gasteiger partial charge in [-0.1, -0.05) is 30.3 Å². The molecule has 0 saturated carbocycles. The number of aromatic nitrogens is 1. The van der Waals surface area contributed by atoms with E-state index >= 15 is 0 Å². The molecule has 0 unspecified atom stereocenters. The van der Waals surface area contributed by atoms with Crippen LogP contribution in [0.3, 0.4) is 0 Å². The molecule has 156 valence electrons. The molecule has 1 aromatic heterocycles. The van der Waals surface area contributed by atoms with Crippen LogP contribution >= 0.6 is 0 Å². The maximum absolute atomic E-state index is 12.5. The number of sulfonamides is 1. The third kappa shape index (κ3) is 5.88. The van der Waals surface area contributed by atoms with Gasteiger partial charge < -0.3 is 10.1 Å². The van der Waals surface area contributed by atoms with Crippen molar-refractivity contribution in [1.82, 2.24) is 15.0 Å². The second-order valence-electron chi connectivity index (χ2n) is 6.79. The van der Waals surface area contributed by atoms with E-state index in [-0.39, 0.29) is 18.0 Å². The summed E-state index contributed by atoms with van der Waals surface area (Å²) in [5, 5.41) is 2.70. The van der Waals surface area contributed by atoms with Crippen LogP contribution in [0.1, 0.15) is 16.7 Å². The molecule has 0 aliphatic rings. The summed E-state index contributed by atoms with van der Waals surface area (Å²) >= 11 is 0. The van der Waals surface area contributed by atoms with Gasteiger partial charge in [0.25, 0.3) is 0 Å². The fourth-order valence-electron chi connectivity index (χ4n) is 2.75. The van der Waals surface area contributed by atoms with Crippen molar-refractivity contribution in [1.29, 1.82) is 0 Å². The summed E-state index contributed by atoms with van der Waals surface area (Å²) in [6.45, 7) is 3.42. The van der Waals surface area contributed by atoms with Gasteiger partial charge in [-0.3, -0.25) is 4.79 Å². The monoisotopic (exact) mass is 425 g/mol. The van der Waals surface area contributed by atoms with Crippen molar-refractivity contribution in [3.8, 4) is 11.6 Å². The van der Waals surface area contributed by atoms with E-state index in [9.17, 15) is 13.2 Å². The smallest absolute Gasteiger partial charge is 0.241 e. The SMILES string of the molecule is Cc1ccc(C)c(S(=O)(=O)NCC(=O)NCc2cccc(Oc3ccccn3)c2)c1. The number of rotatable bonds is 8. The van der Waals surface area contributed by atoms with E-state index in [0.717, 1.165) is 11.1 Å². The lowest BCUT2D eigenvalue weighted by Crippen LogP contribution is -2.36. The minimum atomic E-state index is -3.77. The molecule has 0 fully saturated rings. The molecular formula is C22H23N3O4S. The molecular weight excluding hydrogens is 402 g/mol. The first-order valence-electron chi connectivity index (χ1n) is 9.35. The van der Waals surface area contributed by atoms with Crippen molar-refractivity contribution in [2.45, 2.75) is 25.3 Å². The Balaban J connectivity index is 1.55. The van der Waals surface area contributed by atoms with Gasteiger partial charge in [0.1, 0.15) is 5.75 Å². The van der Waals surface area contributed by atoms with Crippen LogP contribution < -0.4 is 14.8 Å². The lowest BCUT2D eigenvalue weighted by molar-refractivity contribution is -0.120. The van der Waals surface area contributed by atoms with Crippen LogP contribution in [0, 0.1) is 13.8 Å². The second kappa shape index (κ2) is 9.51. The van der Waals surface area contributed by atoms with E-state index in [1.54, 1.807) is 49.5 Å². The second-order valence-corrected chi connectivity index (χ2v) is 8.52. The van der Waals surface area contributed by atoms with Gasteiger partial charge in [0, 0.05) is 18.8 Å². The van der Waals surface area contributed by atoms with Crippen molar-refractivity contribution >= 4 is 15.9 Å². The average Bonchev–Trinajstić information content (AvgIpc) is 2.73. The van der Waals surface area contributed by atoms with Crippen LogP contribution in [-0.2, 0) is 21.4 Å². The van der Waals surface area contributed by atoms with Crippen LogP contribution in [0.15, 0.2) is 71.8 Å². The van der Waals surface area contributed by atoms with Crippen molar-refractivity contribution in [3.63, 3.8) is 0 Å². The summed E-state index contributed by atoms with van der Waals surface area (Å²) in [7, 11) is -3.77. The Kier molecular flexibility index (Phi) is 6.81. The molecule has 2 aromatic carbocycles. The topological polar surface area (TPSA) is 97.4 Å². The molecule has 0 aliphatic carbocycles. The molecule has 8 heteroatoms. The van der Waals surface area contributed by atoms with E-state index < -0.39 is 15.9 Å². The number of aryl methyl sites for hydroxylation is 2. The average molecular weight is 426 g/mol. The zero-order valence-corrected chi connectivity index (χ0v) is 17.6. The summed E-state index contributed by atoms with van der Waals surface area (Å²) in [5.74, 6) is 0.635. The van der Waals surface area contributed by atoms with E-state index in [2.05, 4.69) is 15.0 Å². The fourth-order valence-corrected chi connectivity index (χ4v) is 4.06. The maximum atomic E-state index is 12.5. The number of pyridine rings is 1. The number of amides is 1. The van der Waals surface area contributed by atoms with Gasteiger partial charge in [0.2, 0.25) is 21.8 Å². The molecule has 7 nitrogen and oxygen atoms in total. The lowest BCUT2D eigenvalue weighted by atomic mass is 10.2. The summed E-state index contributed by atoms with van der Waals surface area (Å²) in [4.78, 5) is 16.4. The highest BCUT2D eigenvalue weighted by Gasteiger charge is 2.18. The Morgan fingerprint density at radius 3 is 2.63 bits per heavy atom. The molecule has 0 spiro atoms. The molecule has 0 bridgehead atoms. The van der Waals surface area contributed by atoms with Gasteiger partial charge in [-0.05, 0) is 54.8 Å². The maximum Gasteiger partial charge on any atom is 0.241 e. The quantitative estimate of drug-likeness (QED) is 0.578. The number of carbonyl (C=O) groups excluding carboxylic acids is 1. The highest BCUT2D eigenvalue weighted by molar-refractivity contribution is 7.89. The summed E-state index contributed by atoms with van der Waals surface area (Å²) < 4.78 is 33.0. The third-order valence-electron chi connectivity index (χ3n) is 4.30. The summed E-state index contributed by atoms with van der Waals surface area (Å²) in [6.07, 6.45) is 1.64. The first kappa shape index (κ1) is 21.5. The Bertz CT molecular complexity index is 1130. The molecule has 1 amide bonds. The molecule has 0 radical (unpaired) electrons. The molecule has 3 rings (SSSR count). The van der Waals surface area contributed by atoms with Crippen LogP contribution in [0.4, 0.5) is 0 Å². The Hall–Kier alpha value is -3.23. The van der Waals surface area contributed by atoms with Crippen molar-refractivity contribution in [2.75, 3.05) is 6.54 Å². The normalized spacial score (nSPS) is 11.1. The Morgan fingerprint density at radius 1 is 1.03 bits per heavy atom. The highest BCUT2D eigenvalue weighted by Crippen LogP contribution is 2.20. The summed E-state index contributed by atoms with van der Waals surface area (Å²) in [5.41, 5.74) is 2.27. The zero-order valence-electron chi connectivity index (χ0n) is 16.8. The number of benzene rings is 2. The van der Waals surface area contributed by atoms with Gasteiger partial charge in [-0.2, -0.15) is 0 Å². The van der Waals surface area contributed by atoms with E-state index in [0.29, 0.717) is 17.2 Å². The number of nitrogens with zero attached hydrogens (tertiary/aromatic N) is 1. The van der Waals surface area contributed by atoms with Crippen LogP contribution in [0.2, 0.25) is 0 Å². The number of hydrogen-bond donors (Lipinski definition) is 2. The number of ether oxygens (including phenoxy) is 1. The molecule has 0 aliphatic heterocycles. The summed E-state index contributed by atoms with van der Waals surface area (Å²) in [6, 6.07) is 17.8. The number of carbonyl (C=O) groups is 1. The third-order valence-corrected chi connectivity index (χ3v) is 5.85. The lowest BCUT2D eigenvalue weighted by Gasteiger charge is -2.11. The van der Waals surface area contributed by atoms with Crippen molar-refractivity contribution in [2.24, 2.45) is 0 Å². The van der Waals surface area contributed by atoms with E-state index in [4.69, 9.17) is 4.74 Å². The van der Waals surface area contributed by atoms with Crippen LogP contribution in [0.25, 0.3) is 0 Å². The molecule has 0 saturated heterocycles. The Morgan fingerprint density at radius 2 is 1.87 bits per heavy atom. The van der Waals surface area contributed by atoms with Gasteiger partial charge >= 0.3 is 0 Å². The minimum Gasteiger partial charge on any atom is -0.439 e. The molecule has 3 aromatic rings. The molecule has 1 heterocycles. The van der Waals surface area contributed by atoms with Crippen molar-refractivity contribution < 1.29 is 17.9 Å². The van der Waals surface area contributed by atoms with Crippen LogP contribution in [0.5, 0.6) is 11.6 Å². The minimum absolute atomic E-state index is 0.176. The largest absolute Gasteiger partial charge is 0.439 e. The molecule has 30 heavy (non-hydrogen) atoms. The zero-order chi connectivity index (χ0) is 21.6. The first-order valence-corrected chi connectivity index (χ1v) is 10.8. The molecule has 0 atom stereocenters. The molecule has 2 N–H and O–H groups in total. The van der Waals surface area contributed by atoms with Crippen LogP contribution in [-0.4, -0.2) is 25.9 Å². The van der Waals surface area contributed by atoms with Crippen molar-refractivity contribution in [3.05, 3.63) is 83.6 Å².